The van der Waals surface area contributed by atoms with Gasteiger partial charge in [-0.05, 0) is 31.0 Å². The number of hydrogen-bond acceptors (Lipinski definition) is 9. The molecule has 5 N–H and O–H groups in total. The molecule has 1 fully saturated rings. The largest absolute Gasteiger partial charge is 0.365 e. The Labute approximate surface area is 185 Å². The van der Waals surface area contributed by atoms with Gasteiger partial charge in [0.2, 0.25) is 5.95 Å². The molecule has 32 heavy (non-hydrogen) atoms. The fraction of sp³-hybridized carbons (Fsp3) is 0.333. The molecule has 4 rings (SSSR count). The Morgan fingerprint density at radius 2 is 2.00 bits per heavy atom. The van der Waals surface area contributed by atoms with Crippen molar-refractivity contribution in [3.63, 3.8) is 0 Å². The minimum absolute atomic E-state index is 0.0820. The lowest BCUT2D eigenvalue weighted by Gasteiger charge is -2.32. The van der Waals surface area contributed by atoms with Crippen LogP contribution >= 0.6 is 0 Å². The molecule has 0 aliphatic heterocycles. The number of nitrogens with zero attached hydrogens (tertiary/aromatic N) is 6. The van der Waals surface area contributed by atoms with Crippen LogP contribution in [0.1, 0.15) is 36.0 Å². The lowest BCUT2D eigenvalue weighted by Crippen LogP contribution is -2.46. The van der Waals surface area contributed by atoms with Crippen LogP contribution in [-0.2, 0) is 0 Å². The second kappa shape index (κ2) is 9.84. The average Bonchev–Trinajstić information content (AvgIpc) is 3.34. The van der Waals surface area contributed by atoms with E-state index in [1.807, 2.05) is 24.3 Å². The molecule has 0 spiro atoms. The molecule has 0 saturated heterocycles. The van der Waals surface area contributed by atoms with Crippen molar-refractivity contribution < 1.29 is 4.79 Å². The van der Waals surface area contributed by atoms with Gasteiger partial charge in [-0.3, -0.25) is 10.1 Å². The molecule has 1 aliphatic rings. The summed E-state index contributed by atoms with van der Waals surface area (Å²) in [7, 11) is 0. The average molecular weight is 432 g/mol. The number of nitrogens with two attached hydrogens (primary N) is 1. The van der Waals surface area contributed by atoms with Gasteiger partial charge in [0.15, 0.2) is 0 Å². The third-order valence-corrected chi connectivity index (χ3v) is 5.34. The molecule has 2 aromatic heterocycles. The summed E-state index contributed by atoms with van der Waals surface area (Å²) >= 11 is 0. The first-order valence-corrected chi connectivity index (χ1v) is 10.4. The van der Waals surface area contributed by atoms with E-state index in [1.54, 1.807) is 12.4 Å². The number of nitriles is 1. The summed E-state index contributed by atoms with van der Waals surface area (Å²) in [4.78, 5) is 22.3. The highest BCUT2D eigenvalue weighted by atomic mass is 16.1. The lowest BCUT2D eigenvalue weighted by molar-refractivity contribution is 0.100. The van der Waals surface area contributed by atoms with E-state index in [2.05, 4.69) is 42.2 Å². The van der Waals surface area contributed by atoms with Crippen LogP contribution in [0, 0.1) is 11.3 Å². The van der Waals surface area contributed by atoms with Gasteiger partial charge in [0, 0.05) is 24.0 Å². The number of hydrogen-bond donors (Lipinski definition) is 4. The molecule has 2 atom stereocenters. The van der Waals surface area contributed by atoms with E-state index < -0.39 is 5.91 Å². The molecule has 1 aliphatic carbocycles. The Kier molecular flexibility index (Phi) is 6.52. The summed E-state index contributed by atoms with van der Waals surface area (Å²) in [6, 6.07) is 9.75. The monoisotopic (exact) mass is 432 g/mol. The van der Waals surface area contributed by atoms with Crippen molar-refractivity contribution >= 4 is 23.4 Å². The number of amides is 1. The van der Waals surface area contributed by atoms with Crippen molar-refractivity contribution in [1.29, 1.82) is 5.26 Å². The third kappa shape index (κ3) is 4.98. The molecule has 2 heterocycles. The van der Waals surface area contributed by atoms with E-state index >= 15 is 0 Å². The van der Waals surface area contributed by atoms with Gasteiger partial charge in [0.1, 0.15) is 11.4 Å². The lowest BCUT2D eigenvalue weighted by atomic mass is 9.90. The van der Waals surface area contributed by atoms with Gasteiger partial charge < -0.3 is 16.4 Å². The first-order chi connectivity index (χ1) is 15.6. The molecule has 3 aromatic rings. The summed E-state index contributed by atoms with van der Waals surface area (Å²) in [6.07, 6.45) is 8.71. The number of anilines is 3. The van der Waals surface area contributed by atoms with Gasteiger partial charge in [-0.15, -0.1) is 0 Å². The predicted octanol–water partition coefficient (Wildman–Crippen LogP) is 1.74. The van der Waals surface area contributed by atoms with Crippen LogP contribution in [0.15, 0.2) is 42.9 Å². The molecule has 1 aromatic carbocycles. The van der Waals surface area contributed by atoms with Gasteiger partial charge in [-0.25, -0.2) is 4.98 Å². The number of carbonyl (C=O) groups is 1. The number of rotatable bonds is 8. The molecule has 164 valence electrons. The summed E-state index contributed by atoms with van der Waals surface area (Å²) in [6.45, 7) is 0.290. The molecule has 1 saturated carbocycles. The van der Waals surface area contributed by atoms with Gasteiger partial charge in [0.05, 0.1) is 30.7 Å². The minimum Gasteiger partial charge on any atom is -0.365 e. The summed E-state index contributed by atoms with van der Waals surface area (Å²) in [5, 5.41) is 26.9. The van der Waals surface area contributed by atoms with Crippen molar-refractivity contribution in [3.8, 4) is 11.8 Å². The number of aromatic nitrogens is 5. The highest BCUT2D eigenvalue weighted by molar-refractivity contribution is 5.98. The highest BCUT2D eigenvalue weighted by Crippen LogP contribution is 2.24. The fourth-order valence-electron chi connectivity index (χ4n) is 3.81. The zero-order valence-electron chi connectivity index (χ0n) is 17.4. The quantitative estimate of drug-likeness (QED) is 0.389. The molecule has 1 amide bonds. The Morgan fingerprint density at radius 1 is 1.22 bits per heavy atom. The Bertz CT molecular complexity index is 1110. The Morgan fingerprint density at radius 3 is 2.75 bits per heavy atom. The molecule has 11 heteroatoms. The summed E-state index contributed by atoms with van der Waals surface area (Å²) in [5.41, 5.74) is 7.17. The smallest absolute Gasteiger partial charge is 0.254 e. The zero-order valence-corrected chi connectivity index (χ0v) is 17.4. The van der Waals surface area contributed by atoms with Gasteiger partial charge >= 0.3 is 0 Å². The topological polar surface area (TPSA) is 159 Å². The standard InChI is InChI=1S/C21H24N10O/c22-8-9-24-17-6-1-2-7-18(17)29-21-25-13-16(19(23)32)20(30-21)28-14-4-3-5-15(12-14)31-26-10-11-27-31/h3-5,10-13,17-18,24H,1-2,6-7,9H2,(H2,23,32)(H2,25,28,29,30)/t17-,18+/m0/s1. The van der Waals surface area contributed by atoms with Crippen LogP contribution in [0.3, 0.4) is 0 Å². The van der Waals surface area contributed by atoms with Crippen molar-refractivity contribution in [3.05, 3.63) is 48.4 Å². The van der Waals surface area contributed by atoms with Crippen LogP contribution in [0.5, 0.6) is 0 Å². The number of carbonyl (C=O) groups excluding carboxylic acids is 1. The third-order valence-electron chi connectivity index (χ3n) is 5.34. The van der Waals surface area contributed by atoms with Crippen LogP contribution in [0.25, 0.3) is 5.69 Å². The Hall–Kier alpha value is -4.04. The maximum absolute atomic E-state index is 12.0. The summed E-state index contributed by atoms with van der Waals surface area (Å²) in [5.74, 6) is 0.0613. The molecule has 0 radical (unpaired) electrons. The molecule has 0 unspecified atom stereocenters. The van der Waals surface area contributed by atoms with Crippen LogP contribution < -0.4 is 21.7 Å². The van der Waals surface area contributed by atoms with Crippen molar-refractivity contribution in [1.82, 2.24) is 30.3 Å². The SMILES string of the molecule is N#CCN[C@H]1CCCC[C@H]1Nc1ncc(C(N)=O)c(Nc2cccc(-n3nccn3)c2)n1. The molecule has 0 bridgehead atoms. The van der Waals surface area contributed by atoms with E-state index in [0.29, 0.717) is 24.0 Å². The maximum Gasteiger partial charge on any atom is 0.254 e. The van der Waals surface area contributed by atoms with Gasteiger partial charge in [0.25, 0.3) is 5.91 Å². The van der Waals surface area contributed by atoms with Gasteiger partial charge in [-0.2, -0.15) is 25.2 Å². The van der Waals surface area contributed by atoms with Crippen LogP contribution in [0.2, 0.25) is 0 Å². The zero-order chi connectivity index (χ0) is 22.3. The van der Waals surface area contributed by atoms with E-state index in [1.165, 1.54) is 11.0 Å². The second-order valence-corrected chi connectivity index (χ2v) is 7.49. The highest BCUT2D eigenvalue weighted by Gasteiger charge is 2.25. The fourth-order valence-corrected chi connectivity index (χ4v) is 3.81. The van der Waals surface area contributed by atoms with E-state index in [4.69, 9.17) is 11.0 Å². The van der Waals surface area contributed by atoms with Crippen LogP contribution in [-0.4, -0.2) is 49.5 Å². The van der Waals surface area contributed by atoms with Crippen LogP contribution in [0.4, 0.5) is 17.5 Å². The van der Waals surface area contributed by atoms with Gasteiger partial charge in [-0.1, -0.05) is 18.9 Å². The minimum atomic E-state index is -0.629. The maximum atomic E-state index is 12.0. The number of benzene rings is 1. The molecular formula is C21H24N10O. The first kappa shape index (κ1) is 21.2. The van der Waals surface area contributed by atoms with Crippen molar-refractivity contribution in [2.75, 3.05) is 17.2 Å². The molecular weight excluding hydrogens is 408 g/mol. The van der Waals surface area contributed by atoms with Crippen molar-refractivity contribution in [2.45, 2.75) is 37.8 Å². The molecule has 11 nitrogen and oxygen atoms in total. The normalized spacial score (nSPS) is 18.0. The van der Waals surface area contributed by atoms with E-state index in [0.717, 1.165) is 31.4 Å². The first-order valence-electron chi connectivity index (χ1n) is 10.4. The summed E-state index contributed by atoms with van der Waals surface area (Å²) < 4.78 is 0. The number of nitrogens with one attached hydrogen (secondary N) is 3. The van der Waals surface area contributed by atoms with E-state index in [-0.39, 0.29) is 17.6 Å². The number of primary amides is 1. The van der Waals surface area contributed by atoms with E-state index in [9.17, 15) is 4.79 Å². The predicted molar refractivity (Wildman–Crippen MR) is 118 cm³/mol. The Balaban J connectivity index is 1.57. The second-order valence-electron chi connectivity index (χ2n) is 7.49. The van der Waals surface area contributed by atoms with Crippen molar-refractivity contribution in [2.24, 2.45) is 5.73 Å².